The molecule has 0 spiro atoms. The number of fused-ring (bicyclic) bond motifs is 1. The molecule has 90 valence electrons. The topological polar surface area (TPSA) is 94.7 Å². The summed E-state index contributed by atoms with van der Waals surface area (Å²) >= 11 is 0. The van der Waals surface area contributed by atoms with Gasteiger partial charge in [-0.3, -0.25) is 4.79 Å². The first-order valence-corrected chi connectivity index (χ1v) is 5.41. The van der Waals surface area contributed by atoms with Crippen molar-refractivity contribution in [2.24, 2.45) is 0 Å². The largest absolute Gasteiger partial charge is 0.481 e. The number of imidazole rings is 2. The van der Waals surface area contributed by atoms with E-state index in [1.807, 2.05) is 18.2 Å². The van der Waals surface area contributed by atoms with Crippen molar-refractivity contribution >= 4 is 17.0 Å². The lowest BCUT2D eigenvalue weighted by Gasteiger charge is -1.97. The molecule has 0 radical (unpaired) electrons. The highest BCUT2D eigenvalue weighted by atomic mass is 16.4. The maximum atomic E-state index is 10.6. The summed E-state index contributed by atoms with van der Waals surface area (Å²) in [6.07, 6.45) is 3.17. The second-order valence-corrected chi connectivity index (χ2v) is 3.95. The number of nitrogens with zero attached hydrogens (tertiary/aromatic N) is 2. The van der Waals surface area contributed by atoms with Crippen LogP contribution in [-0.2, 0) is 11.2 Å². The molecule has 2 heterocycles. The molecular weight excluding hydrogens is 232 g/mol. The zero-order valence-corrected chi connectivity index (χ0v) is 9.34. The summed E-state index contributed by atoms with van der Waals surface area (Å²) in [5.41, 5.74) is 3.56. The standard InChI is InChI=1S/C12H10N4O2/c17-12(18)4-11-13-5-10(16-11)7-1-2-8-9(3-7)15-6-14-8/h1-3,5-6H,4H2,(H,13,16)(H,14,15)(H,17,18). The van der Waals surface area contributed by atoms with E-state index >= 15 is 0 Å². The van der Waals surface area contributed by atoms with E-state index in [4.69, 9.17) is 5.11 Å². The van der Waals surface area contributed by atoms with Crippen molar-refractivity contribution in [3.8, 4) is 11.3 Å². The first-order chi connectivity index (χ1) is 8.72. The Labute approximate surface area is 102 Å². The highest BCUT2D eigenvalue weighted by Crippen LogP contribution is 2.21. The predicted molar refractivity (Wildman–Crippen MR) is 65.0 cm³/mol. The number of carboxylic acids is 1. The Kier molecular flexibility index (Phi) is 2.33. The average Bonchev–Trinajstić information content (AvgIpc) is 2.95. The van der Waals surface area contributed by atoms with E-state index in [0.717, 1.165) is 22.3 Å². The molecular formula is C12H10N4O2. The first-order valence-electron chi connectivity index (χ1n) is 5.41. The third-order valence-corrected chi connectivity index (χ3v) is 2.68. The number of carbonyl (C=O) groups is 1. The zero-order chi connectivity index (χ0) is 12.5. The van der Waals surface area contributed by atoms with Gasteiger partial charge in [0.1, 0.15) is 12.2 Å². The van der Waals surface area contributed by atoms with Crippen LogP contribution in [0.2, 0.25) is 0 Å². The number of aromatic nitrogens is 4. The van der Waals surface area contributed by atoms with Crippen molar-refractivity contribution in [1.29, 1.82) is 0 Å². The average molecular weight is 242 g/mol. The monoisotopic (exact) mass is 242 g/mol. The molecule has 0 unspecified atom stereocenters. The molecule has 0 saturated carbocycles. The van der Waals surface area contributed by atoms with Gasteiger partial charge in [-0.25, -0.2) is 9.97 Å². The Morgan fingerprint density at radius 2 is 2.22 bits per heavy atom. The van der Waals surface area contributed by atoms with Crippen LogP contribution in [0, 0.1) is 0 Å². The van der Waals surface area contributed by atoms with Crippen LogP contribution in [0.3, 0.4) is 0 Å². The summed E-state index contributed by atoms with van der Waals surface area (Å²) in [7, 11) is 0. The molecule has 3 N–H and O–H groups in total. The molecule has 6 nitrogen and oxygen atoms in total. The zero-order valence-electron chi connectivity index (χ0n) is 9.34. The Morgan fingerprint density at radius 3 is 3.06 bits per heavy atom. The third-order valence-electron chi connectivity index (χ3n) is 2.68. The van der Waals surface area contributed by atoms with Crippen molar-refractivity contribution in [2.45, 2.75) is 6.42 Å². The summed E-state index contributed by atoms with van der Waals surface area (Å²) in [5.74, 6) is -0.456. The van der Waals surface area contributed by atoms with Gasteiger partial charge in [0, 0.05) is 5.56 Å². The maximum Gasteiger partial charge on any atom is 0.311 e. The predicted octanol–water partition coefficient (Wildman–Crippen LogP) is 1.58. The summed E-state index contributed by atoms with van der Waals surface area (Å²) < 4.78 is 0. The number of nitrogens with one attached hydrogen (secondary N) is 2. The lowest BCUT2D eigenvalue weighted by atomic mass is 10.1. The van der Waals surface area contributed by atoms with Crippen LogP contribution in [0.1, 0.15) is 5.82 Å². The lowest BCUT2D eigenvalue weighted by Crippen LogP contribution is -2.01. The summed E-state index contributed by atoms with van der Waals surface area (Å²) in [5, 5.41) is 8.69. The number of aromatic amines is 2. The molecule has 0 aliphatic heterocycles. The number of carboxylic acid groups (broad SMARTS) is 1. The van der Waals surface area contributed by atoms with Crippen molar-refractivity contribution < 1.29 is 9.90 Å². The van der Waals surface area contributed by atoms with Gasteiger partial charge >= 0.3 is 5.97 Å². The molecule has 18 heavy (non-hydrogen) atoms. The molecule has 1 aromatic carbocycles. The quantitative estimate of drug-likeness (QED) is 0.649. The van der Waals surface area contributed by atoms with Crippen LogP contribution in [0.25, 0.3) is 22.3 Å². The van der Waals surface area contributed by atoms with E-state index in [0.29, 0.717) is 5.82 Å². The first kappa shape index (κ1) is 10.5. The third kappa shape index (κ3) is 1.84. The van der Waals surface area contributed by atoms with Gasteiger partial charge in [-0.15, -0.1) is 0 Å². The summed E-state index contributed by atoms with van der Waals surface area (Å²) in [6.45, 7) is 0. The molecule has 3 rings (SSSR count). The second kappa shape index (κ2) is 3.99. The maximum absolute atomic E-state index is 10.6. The molecule has 0 amide bonds. The van der Waals surface area contributed by atoms with E-state index in [9.17, 15) is 4.79 Å². The smallest absolute Gasteiger partial charge is 0.311 e. The number of benzene rings is 1. The molecule has 0 bridgehead atoms. The highest BCUT2D eigenvalue weighted by Gasteiger charge is 2.07. The second-order valence-electron chi connectivity index (χ2n) is 3.95. The van der Waals surface area contributed by atoms with Crippen molar-refractivity contribution in [2.75, 3.05) is 0 Å². The van der Waals surface area contributed by atoms with Crippen LogP contribution in [-0.4, -0.2) is 31.0 Å². The van der Waals surface area contributed by atoms with E-state index in [1.54, 1.807) is 12.5 Å². The summed E-state index contributed by atoms with van der Waals surface area (Å²) in [4.78, 5) is 24.8. The molecule has 0 fully saturated rings. The van der Waals surface area contributed by atoms with Crippen molar-refractivity contribution in [1.82, 2.24) is 19.9 Å². The van der Waals surface area contributed by atoms with Gasteiger partial charge in [-0.1, -0.05) is 6.07 Å². The van der Waals surface area contributed by atoms with E-state index in [-0.39, 0.29) is 6.42 Å². The van der Waals surface area contributed by atoms with Gasteiger partial charge < -0.3 is 15.1 Å². The van der Waals surface area contributed by atoms with E-state index < -0.39 is 5.97 Å². The minimum absolute atomic E-state index is 0.105. The van der Waals surface area contributed by atoms with Crippen LogP contribution >= 0.6 is 0 Å². The minimum atomic E-state index is -0.903. The lowest BCUT2D eigenvalue weighted by molar-refractivity contribution is -0.136. The molecule has 0 atom stereocenters. The fourth-order valence-electron chi connectivity index (χ4n) is 1.85. The van der Waals surface area contributed by atoms with E-state index in [2.05, 4.69) is 19.9 Å². The minimum Gasteiger partial charge on any atom is -0.481 e. The van der Waals surface area contributed by atoms with Gasteiger partial charge in [-0.05, 0) is 12.1 Å². The SMILES string of the molecule is O=C(O)Cc1ncc(-c2ccc3nc[nH]c3c2)[nH]1. The van der Waals surface area contributed by atoms with Gasteiger partial charge in [0.15, 0.2) is 0 Å². The van der Waals surface area contributed by atoms with Gasteiger partial charge in [0.25, 0.3) is 0 Å². The van der Waals surface area contributed by atoms with Crippen LogP contribution in [0.4, 0.5) is 0 Å². The number of aliphatic carboxylic acids is 1. The van der Waals surface area contributed by atoms with Crippen LogP contribution in [0.5, 0.6) is 0 Å². The molecule has 0 saturated heterocycles. The van der Waals surface area contributed by atoms with Gasteiger partial charge in [0.2, 0.25) is 0 Å². The fraction of sp³-hybridized carbons (Fsp3) is 0.0833. The Morgan fingerprint density at radius 1 is 1.33 bits per heavy atom. The van der Waals surface area contributed by atoms with Gasteiger partial charge in [-0.2, -0.15) is 0 Å². The normalized spacial score (nSPS) is 10.9. The number of H-pyrrole nitrogens is 2. The molecule has 2 aromatic heterocycles. The fourth-order valence-corrected chi connectivity index (χ4v) is 1.85. The summed E-state index contributed by atoms with van der Waals surface area (Å²) in [6, 6.07) is 5.76. The molecule has 0 aliphatic rings. The van der Waals surface area contributed by atoms with Crippen LogP contribution < -0.4 is 0 Å². The van der Waals surface area contributed by atoms with Crippen LogP contribution in [0.15, 0.2) is 30.7 Å². The highest BCUT2D eigenvalue weighted by molar-refractivity contribution is 5.80. The molecule has 6 heteroatoms. The van der Waals surface area contributed by atoms with Crippen molar-refractivity contribution in [3.05, 3.63) is 36.5 Å². The Hall–Kier alpha value is -2.63. The Bertz CT molecular complexity index is 714. The number of hydrogen-bond acceptors (Lipinski definition) is 3. The molecule has 0 aliphatic carbocycles. The molecule has 3 aromatic rings. The van der Waals surface area contributed by atoms with Crippen molar-refractivity contribution in [3.63, 3.8) is 0 Å². The van der Waals surface area contributed by atoms with Gasteiger partial charge in [0.05, 0.1) is 29.3 Å². The number of rotatable bonds is 3. The van der Waals surface area contributed by atoms with E-state index in [1.165, 1.54) is 0 Å². The number of hydrogen-bond donors (Lipinski definition) is 3. The Balaban J connectivity index is 1.97.